The number of halogens is 4. The minimum absolute atomic E-state index is 0.0700. The van der Waals surface area contributed by atoms with Crippen LogP contribution in [0.25, 0.3) is 0 Å². The van der Waals surface area contributed by atoms with Crippen molar-refractivity contribution >= 4 is 17.3 Å². The molecule has 2 heterocycles. The minimum atomic E-state index is -4.49. The Labute approximate surface area is 215 Å². The van der Waals surface area contributed by atoms with E-state index in [1.54, 1.807) is 19.1 Å². The highest BCUT2D eigenvalue weighted by molar-refractivity contribution is 6.01. The highest BCUT2D eigenvalue weighted by Gasteiger charge is 2.33. The molecule has 0 bridgehead atoms. The van der Waals surface area contributed by atoms with Crippen molar-refractivity contribution in [2.24, 2.45) is 0 Å². The number of nitrogens with zero attached hydrogens (tertiary/aromatic N) is 2. The van der Waals surface area contributed by atoms with Gasteiger partial charge < -0.3 is 25.2 Å². The average molecular weight is 523 g/mol. The van der Waals surface area contributed by atoms with Crippen LogP contribution in [0.3, 0.4) is 0 Å². The van der Waals surface area contributed by atoms with Gasteiger partial charge in [0.1, 0.15) is 5.82 Å². The third-order valence-electron chi connectivity index (χ3n) is 7.26. The summed E-state index contributed by atoms with van der Waals surface area (Å²) in [6.45, 7) is 6.75. The molecule has 0 aliphatic carbocycles. The van der Waals surface area contributed by atoms with Gasteiger partial charge in [-0.3, -0.25) is 4.79 Å². The molecular formula is C27H34F4N4O2. The zero-order valence-corrected chi connectivity index (χ0v) is 21.4. The molecule has 2 aromatic rings. The van der Waals surface area contributed by atoms with Crippen molar-refractivity contribution in [1.82, 2.24) is 10.2 Å². The van der Waals surface area contributed by atoms with E-state index in [4.69, 9.17) is 4.74 Å². The van der Waals surface area contributed by atoms with Crippen LogP contribution in [0, 0.1) is 12.7 Å². The van der Waals surface area contributed by atoms with Gasteiger partial charge >= 0.3 is 6.18 Å². The fourth-order valence-electron chi connectivity index (χ4n) is 5.07. The average Bonchev–Trinajstić information content (AvgIpc) is 2.85. The summed E-state index contributed by atoms with van der Waals surface area (Å²) in [4.78, 5) is 17.6. The number of amides is 1. The van der Waals surface area contributed by atoms with Crippen molar-refractivity contribution in [3.63, 3.8) is 0 Å². The van der Waals surface area contributed by atoms with Crippen molar-refractivity contribution in [2.75, 3.05) is 56.7 Å². The molecule has 1 atom stereocenters. The molecule has 2 aliphatic heterocycles. The van der Waals surface area contributed by atoms with Crippen LogP contribution >= 0.6 is 0 Å². The standard InChI is InChI=1S/C27H34F4N4O2/c1-17-20(5-4-6-22(17)27(29,30)31)18(2)32-26(36)21-15-25(35-11-13-37-14-12-35)23(28)16-24(21)33-19-7-9-34(3)10-8-19/h4-6,15-16,18-19,33H,7-14H2,1-3H3,(H,32,36)/t18-/m1/s1. The van der Waals surface area contributed by atoms with Crippen LogP contribution in [-0.2, 0) is 10.9 Å². The third kappa shape index (κ3) is 6.35. The molecule has 0 spiro atoms. The van der Waals surface area contributed by atoms with E-state index in [0.29, 0.717) is 43.2 Å². The molecule has 10 heteroatoms. The highest BCUT2D eigenvalue weighted by atomic mass is 19.4. The van der Waals surface area contributed by atoms with Crippen molar-refractivity contribution in [1.29, 1.82) is 0 Å². The summed E-state index contributed by atoms with van der Waals surface area (Å²) in [5, 5.41) is 6.20. The Morgan fingerprint density at radius 2 is 1.78 bits per heavy atom. The number of hydrogen-bond acceptors (Lipinski definition) is 5. The Balaban J connectivity index is 1.63. The number of anilines is 2. The van der Waals surface area contributed by atoms with Crippen LogP contribution in [0.2, 0.25) is 0 Å². The zero-order chi connectivity index (χ0) is 26.7. The van der Waals surface area contributed by atoms with E-state index in [-0.39, 0.29) is 17.2 Å². The number of likely N-dealkylation sites (tertiary alicyclic amines) is 1. The second-order valence-corrected chi connectivity index (χ2v) is 9.88. The van der Waals surface area contributed by atoms with Crippen LogP contribution in [0.1, 0.15) is 52.9 Å². The Bertz CT molecular complexity index is 1110. The number of ether oxygens (including phenoxy) is 1. The molecule has 202 valence electrons. The third-order valence-corrected chi connectivity index (χ3v) is 7.26. The van der Waals surface area contributed by atoms with Gasteiger partial charge in [0.2, 0.25) is 0 Å². The fraction of sp³-hybridized carbons (Fsp3) is 0.519. The summed E-state index contributed by atoms with van der Waals surface area (Å²) in [5.74, 6) is -0.912. The van der Waals surface area contributed by atoms with Gasteiger partial charge in [-0.15, -0.1) is 0 Å². The maximum Gasteiger partial charge on any atom is 0.416 e. The van der Waals surface area contributed by atoms with Gasteiger partial charge in [0.15, 0.2) is 0 Å². The van der Waals surface area contributed by atoms with Gasteiger partial charge in [-0.2, -0.15) is 13.2 Å². The lowest BCUT2D eigenvalue weighted by atomic mass is 9.97. The fourth-order valence-corrected chi connectivity index (χ4v) is 5.07. The lowest BCUT2D eigenvalue weighted by Gasteiger charge is -2.32. The number of benzene rings is 2. The first-order chi connectivity index (χ1) is 17.5. The molecule has 4 rings (SSSR count). The van der Waals surface area contributed by atoms with Gasteiger partial charge in [-0.25, -0.2) is 4.39 Å². The summed E-state index contributed by atoms with van der Waals surface area (Å²) in [5.41, 5.74) is 0.675. The number of morpholine rings is 1. The topological polar surface area (TPSA) is 56.8 Å². The first-order valence-electron chi connectivity index (χ1n) is 12.6. The predicted molar refractivity (Wildman–Crippen MR) is 136 cm³/mol. The van der Waals surface area contributed by atoms with Gasteiger partial charge in [0.05, 0.1) is 41.8 Å². The molecule has 1 amide bonds. The lowest BCUT2D eigenvalue weighted by Crippen LogP contribution is -2.38. The van der Waals surface area contributed by atoms with E-state index in [1.807, 2.05) is 11.9 Å². The molecule has 0 radical (unpaired) electrons. The summed E-state index contributed by atoms with van der Waals surface area (Å²) in [6, 6.07) is 6.25. The molecule has 2 fully saturated rings. The summed E-state index contributed by atoms with van der Waals surface area (Å²) >= 11 is 0. The lowest BCUT2D eigenvalue weighted by molar-refractivity contribution is -0.138. The second-order valence-electron chi connectivity index (χ2n) is 9.88. The first-order valence-corrected chi connectivity index (χ1v) is 12.6. The maximum atomic E-state index is 15.3. The number of hydrogen-bond donors (Lipinski definition) is 2. The monoisotopic (exact) mass is 522 g/mol. The Hall–Kier alpha value is -2.85. The molecule has 2 aromatic carbocycles. The summed E-state index contributed by atoms with van der Waals surface area (Å²) in [7, 11) is 2.04. The maximum absolute atomic E-state index is 15.3. The van der Waals surface area contributed by atoms with Crippen molar-refractivity contribution < 1.29 is 27.1 Å². The quantitative estimate of drug-likeness (QED) is 0.524. The Morgan fingerprint density at radius 3 is 2.43 bits per heavy atom. The number of rotatable bonds is 6. The SMILES string of the molecule is Cc1c([C@@H](C)NC(=O)c2cc(N3CCOCC3)c(F)cc2NC2CCN(C)CC2)cccc1C(F)(F)F. The molecule has 6 nitrogen and oxygen atoms in total. The summed E-state index contributed by atoms with van der Waals surface area (Å²) < 4.78 is 60.9. The molecule has 0 aromatic heterocycles. The second kappa shape index (κ2) is 11.3. The molecule has 37 heavy (non-hydrogen) atoms. The van der Waals surface area contributed by atoms with E-state index < -0.39 is 29.5 Å². The Kier molecular flexibility index (Phi) is 8.28. The smallest absolute Gasteiger partial charge is 0.381 e. The molecular weight excluding hydrogens is 488 g/mol. The molecule has 2 saturated heterocycles. The highest BCUT2D eigenvalue weighted by Crippen LogP contribution is 2.35. The van der Waals surface area contributed by atoms with Crippen LogP contribution in [0.5, 0.6) is 0 Å². The first kappa shape index (κ1) is 27.2. The molecule has 0 saturated carbocycles. The van der Waals surface area contributed by atoms with Crippen LogP contribution < -0.4 is 15.5 Å². The Morgan fingerprint density at radius 1 is 1.11 bits per heavy atom. The number of nitrogens with one attached hydrogen (secondary N) is 2. The van der Waals surface area contributed by atoms with Crippen LogP contribution in [0.15, 0.2) is 30.3 Å². The normalized spacial score (nSPS) is 18.5. The number of carbonyl (C=O) groups excluding carboxylic acids is 1. The van der Waals surface area contributed by atoms with Crippen molar-refractivity contribution in [2.45, 2.75) is 44.9 Å². The van der Waals surface area contributed by atoms with E-state index in [1.165, 1.54) is 19.1 Å². The molecule has 2 aliphatic rings. The minimum Gasteiger partial charge on any atom is -0.381 e. The predicted octanol–water partition coefficient (Wildman–Crippen LogP) is 4.99. The van der Waals surface area contributed by atoms with E-state index in [9.17, 15) is 18.0 Å². The largest absolute Gasteiger partial charge is 0.416 e. The van der Waals surface area contributed by atoms with Gasteiger partial charge in [-0.05, 0) is 76.2 Å². The van der Waals surface area contributed by atoms with Crippen molar-refractivity contribution in [3.05, 3.63) is 58.4 Å². The zero-order valence-electron chi connectivity index (χ0n) is 21.4. The van der Waals surface area contributed by atoms with Gasteiger partial charge in [-0.1, -0.05) is 12.1 Å². The number of piperidine rings is 1. The van der Waals surface area contributed by atoms with Crippen LogP contribution in [-0.4, -0.2) is 63.3 Å². The number of carbonyl (C=O) groups is 1. The molecule has 2 N–H and O–H groups in total. The summed E-state index contributed by atoms with van der Waals surface area (Å²) in [6.07, 6.45) is -2.78. The van der Waals surface area contributed by atoms with Gasteiger partial charge in [0, 0.05) is 19.1 Å². The molecule has 0 unspecified atom stereocenters. The van der Waals surface area contributed by atoms with E-state index >= 15 is 4.39 Å². The van der Waals surface area contributed by atoms with E-state index in [0.717, 1.165) is 32.0 Å². The van der Waals surface area contributed by atoms with Gasteiger partial charge in [0.25, 0.3) is 5.91 Å². The number of alkyl halides is 3. The van der Waals surface area contributed by atoms with E-state index in [2.05, 4.69) is 15.5 Å². The van der Waals surface area contributed by atoms with Crippen molar-refractivity contribution in [3.8, 4) is 0 Å². The van der Waals surface area contributed by atoms with Crippen LogP contribution in [0.4, 0.5) is 28.9 Å².